The van der Waals surface area contributed by atoms with Gasteiger partial charge in [0.15, 0.2) is 0 Å². The van der Waals surface area contributed by atoms with Crippen LogP contribution < -0.4 is 16.0 Å². The van der Waals surface area contributed by atoms with Crippen LogP contribution in [0.3, 0.4) is 0 Å². The molecule has 2 aliphatic heterocycles. The van der Waals surface area contributed by atoms with Gasteiger partial charge in [-0.3, -0.25) is 4.79 Å². The number of nitrogens with one attached hydrogen (secondary N) is 3. The van der Waals surface area contributed by atoms with Gasteiger partial charge in [0, 0.05) is 56.1 Å². The molecule has 3 aromatic carbocycles. The molecule has 2 saturated heterocycles. The molecular formula is C36H42F2N4O6S. The predicted octanol–water partition coefficient (Wildman–Crippen LogP) is 5.13. The number of carbonyl (C=O) groups excluding carboxylic acids is 1. The molecule has 0 bridgehead atoms. The number of amides is 2. The monoisotopic (exact) mass is 696 g/mol. The summed E-state index contributed by atoms with van der Waals surface area (Å²) in [4.78, 5) is 26.3. The fourth-order valence-corrected chi connectivity index (χ4v) is 9.08. The van der Waals surface area contributed by atoms with Crippen molar-refractivity contribution in [1.82, 2.24) is 14.9 Å². The lowest BCUT2D eigenvalue weighted by Gasteiger charge is -2.35. The van der Waals surface area contributed by atoms with Crippen LogP contribution in [0.15, 0.2) is 77.7 Å². The number of hydrogen-bond donors (Lipinski definition) is 4. The van der Waals surface area contributed by atoms with Crippen molar-refractivity contribution in [3.8, 4) is 0 Å². The van der Waals surface area contributed by atoms with Gasteiger partial charge in [-0.15, -0.1) is 0 Å². The van der Waals surface area contributed by atoms with Gasteiger partial charge in [0.25, 0.3) is 0 Å². The molecule has 3 aromatic rings. The van der Waals surface area contributed by atoms with Crippen LogP contribution >= 0.6 is 0 Å². The minimum absolute atomic E-state index is 0.112. The lowest BCUT2D eigenvalue weighted by Crippen LogP contribution is -2.49. The number of anilines is 1. The van der Waals surface area contributed by atoms with Crippen molar-refractivity contribution in [3.05, 3.63) is 95.6 Å². The average molecular weight is 697 g/mol. The van der Waals surface area contributed by atoms with E-state index in [2.05, 4.69) is 16.0 Å². The van der Waals surface area contributed by atoms with Crippen molar-refractivity contribution >= 4 is 27.7 Å². The molecular weight excluding hydrogens is 654 g/mol. The lowest BCUT2D eigenvalue weighted by molar-refractivity contribution is -0.119. The van der Waals surface area contributed by atoms with Crippen LogP contribution in [0.4, 0.5) is 19.3 Å². The highest BCUT2D eigenvalue weighted by atomic mass is 32.2. The van der Waals surface area contributed by atoms with Gasteiger partial charge >= 0.3 is 6.09 Å². The van der Waals surface area contributed by atoms with E-state index in [0.717, 1.165) is 12.8 Å². The van der Waals surface area contributed by atoms with Crippen molar-refractivity contribution in [2.24, 2.45) is 11.3 Å². The third-order valence-electron chi connectivity index (χ3n) is 10.1. The molecule has 49 heavy (non-hydrogen) atoms. The van der Waals surface area contributed by atoms with Gasteiger partial charge in [0.1, 0.15) is 17.7 Å². The molecule has 3 aliphatic rings. The highest BCUT2D eigenvalue weighted by Crippen LogP contribution is 2.48. The first kappa shape index (κ1) is 34.9. The van der Waals surface area contributed by atoms with Crippen molar-refractivity contribution in [2.45, 2.75) is 61.4 Å². The first-order chi connectivity index (χ1) is 23.6. The minimum atomic E-state index is -3.85. The van der Waals surface area contributed by atoms with Crippen LogP contribution in [0.2, 0.25) is 0 Å². The van der Waals surface area contributed by atoms with Gasteiger partial charge in [-0.2, -0.15) is 4.31 Å². The Labute approximate surface area is 285 Å². The first-order valence-electron chi connectivity index (χ1n) is 16.7. The number of nitrogens with zero attached hydrogens (tertiary/aromatic N) is 1. The molecule has 0 aromatic heterocycles. The van der Waals surface area contributed by atoms with Crippen LogP contribution in [0.1, 0.15) is 49.1 Å². The van der Waals surface area contributed by atoms with Crippen LogP contribution in [0, 0.1) is 23.0 Å². The maximum Gasteiger partial charge on any atom is 0.405 e. The summed E-state index contributed by atoms with van der Waals surface area (Å²) in [5, 5.41) is 18.4. The molecule has 1 spiro atoms. The average Bonchev–Trinajstić information content (AvgIpc) is 3.89. The summed E-state index contributed by atoms with van der Waals surface area (Å²) >= 11 is 0. The predicted molar refractivity (Wildman–Crippen MR) is 180 cm³/mol. The van der Waals surface area contributed by atoms with Crippen molar-refractivity contribution in [1.29, 1.82) is 0 Å². The number of hydrogen-bond acceptors (Lipinski definition) is 6. The van der Waals surface area contributed by atoms with Crippen molar-refractivity contribution < 1.29 is 36.6 Å². The summed E-state index contributed by atoms with van der Waals surface area (Å²) in [5.74, 6) is -2.52. The van der Waals surface area contributed by atoms with E-state index in [1.54, 1.807) is 52.8 Å². The van der Waals surface area contributed by atoms with Crippen LogP contribution in [0.25, 0.3) is 0 Å². The van der Waals surface area contributed by atoms with E-state index in [1.165, 1.54) is 24.3 Å². The summed E-state index contributed by atoms with van der Waals surface area (Å²) in [6, 6.07) is 16.5. The summed E-state index contributed by atoms with van der Waals surface area (Å²) in [6.07, 6.45) is 1.96. The van der Waals surface area contributed by atoms with E-state index >= 15 is 4.39 Å². The van der Waals surface area contributed by atoms with Crippen molar-refractivity contribution in [2.75, 3.05) is 38.2 Å². The molecule has 262 valence electrons. The lowest BCUT2D eigenvalue weighted by atomic mass is 9.76. The summed E-state index contributed by atoms with van der Waals surface area (Å²) in [7, 11) is -3.85. The van der Waals surface area contributed by atoms with Gasteiger partial charge < -0.3 is 25.8 Å². The quantitative estimate of drug-likeness (QED) is 0.218. The highest BCUT2D eigenvalue weighted by Gasteiger charge is 2.49. The van der Waals surface area contributed by atoms with E-state index in [1.807, 2.05) is 0 Å². The Morgan fingerprint density at radius 1 is 1.00 bits per heavy atom. The first-order valence-corrected chi connectivity index (χ1v) is 18.2. The number of carboxylic acid groups (broad SMARTS) is 1. The zero-order valence-corrected chi connectivity index (χ0v) is 27.9. The molecule has 1 aliphatic carbocycles. The minimum Gasteiger partial charge on any atom is -0.465 e. The maximum absolute atomic E-state index is 15.6. The van der Waals surface area contributed by atoms with Gasteiger partial charge in [0.2, 0.25) is 15.9 Å². The molecule has 0 unspecified atom stereocenters. The topological polar surface area (TPSA) is 137 Å². The number of sulfonamides is 1. The number of ether oxygens (including phenoxy) is 1. The molecule has 10 nitrogen and oxygen atoms in total. The largest absolute Gasteiger partial charge is 0.465 e. The maximum atomic E-state index is 15.6. The second-order valence-corrected chi connectivity index (χ2v) is 15.3. The zero-order valence-electron chi connectivity index (χ0n) is 27.1. The zero-order chi connectivity index (χ0) is 34.6. The van der Waals surface area contributed by atoms with Crippen molar-refractivity contribution in [3.63, 3.8) is 0 Å². The molecule has 3 fully saturated rings. The Morgan fingerprint density at radius 3 is 2.39 bits per heavy atom. The second kappa shape index (κ2) is 14.9. The molecule has 2 heterocycles. The summed E-state index contributed by atoms with van der Waals surface area (Å²) < 4.78 is 64.4. The van der Waals surface area contributed by atoms with E-state index in [-0.39, 0.29) is 40.3 Å². The fourth-order valence-electron chi connectivity index (χ4n) is 7.29. The molecule has 2 amide bonds. The fraction of sp³-hybridized carbons (Fsp3) is 0.444. The Balaban J connectivity index is 1.26. The van der Waals surface area contributed by atoms with E-state index in [4.69, 9.17) is 4.74 Å². The number of benzene rings is 3. The van der Waals surface area contributed by atoms with E-state index in [0.29, 0.717) is 51.3 Å². The van der Waals surface area contributed by atoms with Crippen LogP contribution in [0.5, 0.6) is 0 Å². The number of rotatable bonds is 11. The molecule has 1 saturated carbocycles. The third kappa shape index (κ3) is 8.12. The Kier molecular flexibility index (Phi) is 10.6. The molecule has 0 radical (unpaired) electrons. The van der Waals surface area contributed by atoms with E-state index in [9.17, 15) is 27.5 Å². The van der Waals surface area contributed by atoms with Crippen LogP contribution in [-0.4, -0.2) is 74.8 Å². The Bertz CT molecular complexity index is 1730. The molecule has 3 atom stereocenters. The SMILES string of the molecule is O=C(O)N[C@H](C(=O)Nc1cccc(F)c1CC[C@H]1CNCC2(CC2)CN1S(=O)(=O)c1ccccc1)[C@@H](c1ccc(F)cc1)C1CCOCC1. The number of halogens is 2. The molecule has 6 rings (SSSR count). The Morgan fingerprint density at radius 2 is 1.71 bits per heavy atom. The van der Waals surface area contributed by atoms with Gasteiger partial charge in [-0.25, -0.2) is 22.0 Å². The van der Waals surface area contributed by atoms with Gasteiger partial charge in [0.05, 0.1) is 4.90 Å². The summed E-state index contributed by atoms with van der Waals surface area (Å²) in [6.45, 7) is 2.32. The second-order valence-electron chi connectivity index (χ2n) is 13.4. The molecule has 13 heteroatoms. The normalized spacial score (nSPS) is 21.0. The highest BCUT2D eigenvalue weighted by molar-refractivity contribution is 7.89. The van der Waals surface area contributed by atoms with Crippen LogP contribution in [-0.2, 0) is 26.0 Å². The number of carbonyl (C=O) groups is 2. The van der Waals surface area contributed by atoms with Gasteiger partial charge in [-0.05, 0) is 91.8 Å². The summed E-state index contributed by atoms with van der Waals surface area (Å²) in [5.41, 5.74) is 0.836. The Hall–Kier alpha value is -3.91. The molecule has 4 N–H and O–H groups in total. The third-order valence-corrected chi connectivity index (χ3v) is 12.1. The van der Waals surface area contributed by atoms with Gasteiger partial charge in [-0.1, -0.05) is 36.4 Å². The van der Waals surface area contributed by atoms with E-state index < -0.39 is 51.7 Å². The standard InChI is InChI=1S/C36H42F2N4O6S/c37-26-11-9-24(10-12-26)32(25-15-19-48-20-16-25)33(41-35(44)45)34(43)40-31-8-4-7-30(38)29(31)14-13-27-21-39-22-36(17-18-36)23-42(27)49(46,47)28-5-2-1-3-6-28/h1-12,25,27,32-33,39,41H,13-23H2,(H,40,43)(H,44,45)/t27-,32-,33-/m0/s1. The smallest absolute Gasteiger partial charge is 0.405 e.